The number of halogens is 2. The monoisotopic (exact) mass is 316 g/mol. The van der Waals surface area contributed by atoms with Crippen molar-refractivity contribution in [1.29, 1.82) is 0 Å². The van der Waals surface area contributed by atoms with Gasteiger partial charge in [0.15, 0.2) is 5.76 Å². The first-order valence-corrected chi connectivity index (χ1v) is 7.49. The average Bonchev–Trinajstić information content (AvgIpc) is 2.41. The summed E-state index contributed by atoms with van der Waals surface area (Å²) in [5, 5.41) is 2.95. The normalized spacial score (nSPS) is 14.9. The molecular weight excluding hydrogens is 303 g/mol. The molecule has 0 fully saturated rings. The fourth-order valence-electron chi connectivity index (χ4n) is 1.73. The predicted octanol–water partition coefficient (Wildman–Crippen LogP) is 2.53. The largest absolute Gasteiger partial charge is 0.486 e. The quantitative estimate of drug-likeness (QED) is 0.927. The standard InChI is InChI=1S/C13H14ClFN2O2S/c1-8-12(19-4-5-20-8)13(18)16-3-2-11-10(15)6-9(14)7-17-11/h6-7H,2-5H2,1H3,(H,16,18). The van der Waals surface area contributed by atoms with Crippen LogP contribution in [0.25, 0.3) is 0 Å². The van der Waals surface area contributed by atoms with Gasteiger partial charge in [-0.25, -0.2) is 4.39 Å². The summed E-state index contributed by atoms with van der Waals surface area (Å²) in [5.41, 5.74) is 0.277. The van der Waals surface area contributed by atoms with Crippen molar-refractivity contribution in [3.05, 3.63) is 39.5 Å². The minimum Gasteiger partial charge on any atom is -0.486 e. The molecule has 2 heterocycles. The second kappa shape index (κ2) is 6.95. The Morgan fingerprint density at radius 2 is 2.45 bits per heavy atom. The first-order chi connectivity index (χ1) is 9.58. The summed E-state index contributed by atoms with van der Waals surface area (Å²) in [6, 6.07) is 1.21. The van der Waals surface area contributed by atoms with Crippen LogP contribution in [0.3, 0.4) is 0 Å². The number of nitrogens with one attached hydrogen (secondary N) is 1. The van der Waals surface area contributed by atoms with Crippen LogP contribution >= 0.6 is 23.4 Å². The van der Waals surface area contributed by atoms with Gasteiger partial charge < -0.3 is 10.1 Å². The summed E-state index contributed by atoms with van der Waals surface area (Å²) in [6.45, 7) is 2.66. The number of aromatic nitrogens is 1. The van der Waals surface area contributed by atoms with Crippen LogP contribution in [0, 0.1) is 5.82 Å². The lowest BCUT2D eigenvalue weighted by molar-refractivity contribution is -0.120. The summed E-state index contributed by atoms with van der Waals surface area (Å²) in [6.07, 6.45) is 1.68. The van der Waals surface area contributed by atoms with Crippen LogP contribution < -0.4 is 5.32 Å². The van der Waals surface area contributed by atoms with Crippen LogP contribution in [0.4, 0.5) is 4.39 Å². The van der Waals surface area contributed by atoms with E-state index in [1.807, 2.05) is 6.92 Å². The van der Waals surface area contributed by atoms with E-state index in [2.05, 4.69) is 10.3 Å². The third-order valence-corrected chi connectivity index (χ3v) is 3.90. The van der Waals surface area contributed by atoms with E-state index >= 15 is 0 Å². The number of carbonyl (C=O) groups excluding carboxylic acids is 1. The van der Waals surface area contributed by atoms with Crippen LogP contribution in [0.1, 0.15) is 12.6 Å². The van der Waals surface area contributed by atoms with Crippen LogP contribution in [-0.2, 0) is 16.0 Å². The fraction of sp³-hybridized carbons (Fsp3) is 0.385. The van der Waals surface area contributed by atoms with E-state index in [0.29, 0.717) is 18.8 Å². The van der Waals surface area contributed by atoms with Gasteiger partial charge in [-0.15, -0.1) is 11.8 Å². The lowest BCUT2D eigenvalue weighted by Gasteiger charge is -2.17. The van der Waals surface area contributed by atoms with E-state index in [1.54, 1.807) is 11.8 Å². The van der Waals surface area contributed by atoms with Crippen molar-refractivity contribution in [3.63, 3.8) is 0 Å². The number of thioether (sulfide) groups is 1. The number of nitrogens with zero attached hydrogens (tertiary/aromatic N) is 1. The lowest BCUT2D eigenvalue weighted by Crippen LogP contribution is -2.30. The first kappa shape index (κ1) is 15.1. The molecule has 0 bridgehead atoms. The van der Waals surface area contributed by atoms with E-state index < -0.39 is 5.82 Å². The van der Waals surface area contributed by atoms with Gasteiger partial charge in [-0.1, -0.05) is 11.6 Å². The molecule has 1 N–H and O–H groups in total. The zero-order valence-corrected chi connectivity index (χ0v) is 12.5. The van der Waals surface area contributed by atoms with Gasteiger partial charge in [-0.2, -0.15) is 0 Å². The molecule has 20 heavy (non-hydrogen) atoms. The second-order valence-corrected chi connectivity index (χ2v) is 5.92. The van der Waals surface area contributed by atoms with Crippen molar-refractivity contribution in [1.82, 2.24) is 10.3 Å². The molecule has 0 atom stereocenters. The Morgan fingerprint density at radius 3 is 3.15 bits per heavy atom. The molecule has 1 aromatic heterocycles. The van der Waals surface area contributed by atoms with Gasteiger partial charge in [-0.3, -0.25) is 9.78 Å². The zero-order valence-electron chi connectivity index (χ0n) is 10.9. The second-order valence-electron chi connectivity index (χ2n) is 4.17. The summed E-state index contributed by atoms with van der Waals surface area (Å²) in [5.74, 6) is 0.462. The average molecular weight is 317 g/mol. The number of rotatable bonds is 4. The van der Waals surface area contributed by atoms with Gasteiger partial charge in [0.1, 0.15) is 5.82 Å². The molecule has 1 aliphatic rings. The molecule has 1 aromatic rings. The van der Waals surface area contributed by atoms with Crippen molar-refractivity contribution in [2.24, 2.45) is 0 Å². The Labute approximate surface area is 125 Å². The smallest absolute Gasteiger partial charge is 0.287 e. The zero-order chi connectivity index (χ0) is 14.5. The van der Waals surface area contributed by atoms with Crippen molar-refractivity contribution in [2.75, 3.05) is 18.9 Å². The number of carbonyl (C=O) groups is 1. The topological polar surface area (TPSA) is 51.2 Å². The highest BCUT2D eigenvalue weighted by molar-refractivity contribution is 8.03. The Hall–Kier alpha value is -1.27. The molecule has 1 amide bonds. The van der Waals surface area contributed by atoms with Crippen LogP contribution in [0.2, 0.25) is 5.02 Å². The molecule has 1 aliphatic heterocycles. The maximum Gasteiger partial charge on any atom is 0.287 e. The minimum absolute atomic E-state index is 0.253. The van der Waals surface area contributed by atoms with Crippen molar-refractivity contribution >= 4 is 29.3 Å². The Morgan fingerprint density at radius 1 is 1.65 bits per heavy atom. The molecular formula is C13H14ClFN2O2S. The molecule has 0 saturated carbocycles. The SMILES string of the molecule is CC1=C(C(=O)NCCc2ncc(Cl)cc2F)OCCS1. The molecule has 2 rings (SSSR count). The molecule has 4 nitrogen and oxygen atoms in total. The molecule has 0 unspecified atom stereocenters. The van der Waals surface area contributed by atoms with Gasteiger partial charge >= 0.3 is 0 Å². The Bertz CT molecular complexity index is 551. The summed E-state index contributed by atoms with van der Waals surface area (Å²) < 4.78 is 18.8. The van der Waals surface area contributed by atoms with Crippen LogP contribution in [0.15, 0.2) is 22.9 Å². The Kier molecular flexibility index (Phi) is 5.25. The highest BCUT2D eigenvalue weighted by Gasteiger charge is 2.18. The fourth-order valence-corrected chi connectivity index (χ4v) is 2.63. The number of hydrogen-bond donors (Lipinski definition) is 1. The Balaban J connectivity index is 1.88. The maximum absolute atomic E-state index is 13.5. The summed E-state index contributed by atoms with van der Waals surface area (Å²) in [7, 11) is 0. The van der Waals surface area contributed by atoms with Gasteiger partial charge in [0.25, 0.3) is 5.91 Å². The maximum atomic E-state index is 13.5. The van der Waals surface area contributed by atoms with E-state index in [1.165, 1.54) is 12.3 Å². The van der Waals surface area contributed by atoms with Gasteiger partial charge in [0, 0.05) is 29.8 Å². The summed E-state index contributed by atoms with van der Waals surface area (Å²) in [4.78, 5) is 16.7. The number of allylic oxidation sites excluding steroid dienone is 1. The highest BCUT2D eigenvalue weighted by Crippen LogP contribution is 2.24. The minimum atomic E-state index is -0.466. The lowest BCUT2D eigenvalue weighted by atomic mass is 10.2. The number of hydrogen-bond acceptors (Lipinski definition) is 4. The van der Waals surface area contributed by atoms with E-state index in [-0.39, 0.29) is 23.2 Å². The van der Waals surface area contributed by atoms with Crippen molar-refractivity contribution in [2.45, 2.75) is 13.3 Å². The number of amides is 1. The molecule has 108 valence electrons. The molecule has 0 saturated heterocycles. The van der Waals surface area contributed by atoms with Crippen molar-refractivity contribution in [3.8, 4) is 0 Å². The van der Waals surface area contributed by atoms with E-state index in [0.717, 1.165) is 10.7 Å². The number of ether oxygens (including phenoxy) is 1. The first-order valence-electron chi connectivity index (χ1n) is 6.12. The molecule has 0 spiro atoms. The highest BCUT2D eigenvalue weighted by atomic mass is 35.5. The van der Waals surface area contributed by atoms with Crippen LogP contribution in [-0.4, -0.2) is 29.8 Å². The third kappa shape index (κ3) is 3.86. The van der Waals surface area contributed by atoms with Gasteiger partial charge in [0.2, 0.25) is 0 Å². The van der Waals surface area contributed by atoms with E-state index in [4.69, 9.17) is 16.3 Å². The van der Waals surface area contributed by atoms with Gasteiger partial charge in [0.05, 0.1) is 17.3 Å². The summed E-state index contributed by atoms with van der Waals surface area (Å²) >= 11 is 7.22. The molecule has 0 radical (unpaired) electrons. The van der Waals surface area contributed by atoms with E-state index in [9.17, 15) is 9.18 Å². The molecule has 0 aromatic carbocycles. The van der Waals surface area contributed by atoms with Gasteiger partial charge in [-0.05, 0) is 13.0 Å². The van der Waals surface area contributed by atoms with Crippen molar-refractivity contribution < 1.29 is 13.9 Å². The molecule has 0 aliphatic carbocycles. The third-order valence-electron chi connectivity index (χ3n) is 2.71. The predicted molar refractivity (Wildman–Crippen MR) is 77.0 cm³/mol. The molecule has 7 heteroatoms. The van der Waals surface area contributed by atoms with Crippen LogP contribution in [0.5, 0.6) is 0 Å². The number of pyridine rings is 1.